The predicted octanol–water partition coefficient (Wildman–Crippen LogP) is 2.09. The van der Waals surface area contributed by atoms with E-state index in [1.54, 1.807) is 6.07 Å². The minimum absolute atomic E-state index is 0.299. The van der Waals surface area contributed by atoms with Crippen molar-refractivity contribution in [2.75, 3.05) is 13.6 Å². The van der Waals surface area contributed by atoms with Crippen molar-refractivity contribution in [2.24, 2.45) is 0 Å². The summed E-state index contributed by atoms with van der Waals surface area (Å²) in [6.07, 6.45) is 0.953. The van der Waals surface area contributed by atoms with Gasteiger partial charge in [0.05, 0.1) is 0 Å². The van der Waals surface area contributed by atoms with Crippen LogP contribution >= 0.6 is 11.3 Å². The lowest BCUT2D eigenvalue weighted by atomic mass is 9.78. The molecular weight excluding hydrogens is 304 g/mol. The summed E-state index contributed by atoms with van der Waals surface area (Å²) in [5, 5.41) is 4.90. The Morgan fingerprint density at radius 2 is 2.14 bits per heavy atom. The van der Waals surface area contributed by atoms with E-state index in [2.05, 4.69) is 22.2 Å². The number of rotatable bonds is 6. The Morgan fingerprint density at radius 1 is 1.33 bits per heavy atom. The van der Waals surface area contributed by atoms with Crippen LogP contribution in [-0.4, -0.2) is 22.0 Å². The Bertz CT molecular complexity index is 738. The fourth-order valence-corrected chi connectivity index (χ4v) is 4.95. The van der Waals surface area contributed by atoms with Gasteiger partial charge < -0.3 is 5.32 Å². The summed E-state index contributed by atoms with van der Waals surface area (Å²) in [5.41, 5.74) is 3.59. The fourth-order valence-electron chi connectivity index (χ4n) is 2.62. The Hall–Kier alpha value is -1.21. The average Bonchev–Trinajstić information content (AvgIpc) is 2.90. The summed E-state index contributed by atoms with van der Waals surface area (Å²) in [6, 6.07) is 9.94. The van der Waals surface area contributed by atoms with E-state index in [0.717, 1.165) is 12.0 Å². The van der Waals surface area contributed by atoms with E-state index < -0.39 is 10.0 Å². The molecule has 0 saturated heterocycles. The largest absolute Gasteiger partial charge is 0.316 e. The van der Waals surface area contributed by atoms with Gasteiger partial charge in [-0.25, -0.2) is 13.1 Å². The van der Waals surface area contributed by atoms with Gasteiger partial charge in [0.1, 0.15) is 4.21 Å². The van der Waals surface area contributed by atoms with Gasteiger partial charge in [0.15, 0.2) is 0 Å². The maximum absolute atomic E-state index is 12.3. The number of nitrogens with one attached hydrogen (secondary N) is 2. The van der Waals surface area contributed by atoms with Gasteiger partial charge in [0.2, 0.25) is 10.0 Å². The number of thiophene rings is 1. The molecule has 4 nitrogen and oxygen atoms in total. The third-order valence-corrected chi connectivity index (χ3v) is 6.67. The Morgan fingerprint density at radius 3 is 2.90 bits per heavy atom. The molecule has 1 heterocycles. The van der Waals surface area contributed by atoms with Crippen LogP contribution in [-0.2, 0) is 23.0 Å². The molecule has 0 bridgehead atoms. The predicted molar refractivity (Wildman–Crippen MR) is 85.2 cm³/mol. The van der Waals surface area contributed by atoms with Crippen molar-refractivity contribution in [2.45, 2.75) is 23.1 Å². The molecule has 3 rings (SSSR count). The van der Waals surface area contributed by atoms with Crippen molar-refractivity contribution in [1.29, 1.82) is 0 Å². The van der Waals surface area contributed by atoms with E-state index in [0.29, 0.717) is 23.2 Å². The van der Waals surface area contributed by atoms with Crippen molar-refractivity contribution < 1.29 is 8.42 Å². The average molecular weight is 322 g/mol. The van der Waals surface area contributed by atoms with Crippen LogP contribution in [0.1, 0.15) is 22.6 Å². The summed E-state index contributed by atoms with van der Waals surface area (Å²) in [7, 11) is -1.55. The van der Waals surface area contributed by atoms with Crippen molar-refractivity contribution in [3.05, 3.63) is 52.4 Å². The van der Waals surface area contributed by atoms with E-state index in [1.165, 1.54) is 22.5 Å². The van der Waals surface area contributed by atoms with Gasteiger partial charge in [-0.2, -0.15) is 0 Å². The third-order valence-electron chi connectivity index (χ3n) is 3.76. The summed E-state index contributed by atoms with van der Waals surface area (Å²) in [4.78, 5) is 0. The molecule has 1 aliphatic carbocycles. The van der Waals surface area contributed by atoms with Gasteiger partial charge in [0, 0.05) is 19.0 Å². The highest BCUT2D eigenvalue weighted by molar-refractivity contribution is 7.91. The van der Waals surface area contributed by atoms with Crippen LogP contribution in [0.3, 0.4) is 0 Å². The highest BCUT2D eigenvalue weighted by Gasteiger charge is 2.27. The first-order chi connectivity index (χ1) is 10.1. The lowest BCUT2D eigenvalue weighted by Gasteiger charge is -2.29. The van der Waals surface area contributed by atoms with E-state index in [1.807, 2.05) is 24.6 Å². The molecule has 1 unspecified atom stereocenters. The van der Waals surface area contributed by atoms with Gasteiger partial charge in [-0.15, -0.1) is 11.3 Å². The van der Waals surface area contributed by atoms with Crippen LogP contribution in [0.25, 0.3) is 0 Å². The summed E-state index contributed by atoms with van der Waals surface area (Å²) in [5.74, 6) is 0.299. The highest BCUT2D eigenvalue weighted by Crippen LogP contribution is 2.34. The molecule has 0 amide bonds. The second-order valence-corrected chi connectivity index (χ2v) is 8.16. The minimum atomic E-state index is -3.39. The lowest BCUT2D eigenvalue weighted by molar-refractivity contribution is 0.553. The molecule has 1 atom stereocenters. The number of hydrogen-bond donors (Lipinski definition) is 2. The summed E-state index contributed by atoms with van der Waals surface area (Å²) >= 11 is 1.27. The first-order valence-corrected chi connectivity index (χ1v) is 9.26. The van der Waals surface area contributed by atoms with Gasteiger partial charge >= 0.3 is 0 Å². The molecule has 6 heteroatoms. The summed E-state index contributed by atoms with van der Waals surface area (Å²) in [6.45, 7) is 1.15. The number of fused-ring (bicyclic) bond motifs is 1. The molecular formula is C15H18N2O2S2. The van der Waals surface area contributed by atoms with Gasteiger partial charge in [-0.1, -0.05) is 24.3 Å². The second-order valence-electron chi connectivity index (χ2n) is 5.26. The van der Waals surface area contributed by atoms with Crippen molar-refractivity contribution >= 4 is 21.4 Å². The molecule has 0 fully saturated rings. The molecule has 1 aromatic heterocycles. The third kappa shape index (κ3) is 3.03. The molecule has 1 aromatic carbocycles. The standard InChI is InChI=1S/C15H18N2O2S2/c1-16-8-11-6-15(20-10-11)21(18,19)17-9-13-7-12-4-2-3-5-14(12)13/h2-6,10,13,16-17H,7-9H2,1H3. The van der Waals surface area contributed by atoms with Crippen LogP contribution in [0, 0.1) is 0 Å². The maximum atomic E-state index is 12.3. The maximum Gasteiger partial charge on any atom is 0.250 e. The molecule has 0 radical (unpaired) electrons. The van der Waals surface area contributed by atoms with Crippen LogP contribution in [0.5, 0.6) is 0 Å². The molecule has 2 N–H and O–H groups in total. The van der Waals surface area contributed by atoms with Crippen LogP contribution in [0.2, 0.25) is 0 Å². The minimum Gasteiger partial charge on any atom is -0.316 e. The fraction of sp³-hybridized carbons (Fsp3) is 0.333. The monoisotopic (exact) mass is 322 g/mol. The zero-order valence-corrected chi connectivity index (χ0v) is 13.4. The molecule has 0 aliphatic heterocycles. The smallest absolute Gasteiger partial charge is 0.250 e. The van der Waals surface area contributed by atoms with E-state index >= 15 is 0 Å². The molecule has 0 saturated carbocycles. The van der Waals surface area contributed by atoms with Crippen LogP contribution in [0.4, 0.5) is 0 Å². The SMILES string of the molecule is CNCc1csc(S(=O)(=O)NCC2Cc3ccccc32)c1. The first kappa shape index (κ1) is 14.7. The molecule has 112 valence electrons. The normalized spacial score (nSPS) is 17.3. The van der Waals surface area contributed by atoms with Gasteiger partial charge in [-0.05, 0) is 41.6 Å². The van der Waals surface area contributed by atoms with Crippen molar-refractivity contribution in [3.8, 4) is 0 Å². The topological polar surface area (TPSA) is 58.2 Å². The molecule has 21 heavy (non-hydrogen) atoms. The molecule has 0 spiro atoms. The number of benzene rings is 1. The Labute approximate surface area is 129 Å². The van der Waals surface area contributed by atoms with E-state index in [9.17, 15) is 8.42 Å². The second kappa shape index (κ2) is 5.88. The number of sulfonamides is 1. The molecule has 2 aromatic rings. The Balaban J connectivity index is 1.64. The number of hydrogen-bond acceptors (Lipinski definition) is 4. The summed E-state index contributed by atoms with van der Waals surface area (Å²) < 4.78 is 27.7. The van der Waals surface area contributed by atoms with E-state index in [-0.39, 0.29) is 0 Å². The van der Waals surface area contributed by atoms with Crippen LogP contribution in [0.15, 0.2) is 39.9 Å². The zero-order valence-electron chi connectivity index (χ0n) is 11.8. The van der Waals surface area contributed by atoms with Gasteiger partial charge in [-0.3, -0.25) is 0 Å². The van der Waals surface area contributed by atoms with Crippen LogP contribution < -0.4 is 10.0 Å². The van der Waals surface area contributed by atoms with Crippen molar-refractivity contribution in [1.82, 2.24) is 10.0 Å². The van der Waals surface area contributed by atoms with Gasteiger partial charge in [0.25, 0.3) is 0 Å². The Kier molecular flexibility index (Phi) is 4.12. The quantitative estimate of drug-likeness (QED) is 0.856. The highest BCUT2D eigenvalue weighted by atomic mass is 32.2. The van der Waals surface area contributed by atoms with Crippen molar-refractivity contribution in [3.63, 3.8) is 0 Å². The van der Waals surface area contributed by atoms with E-state index in [4.69, 9.17) is 0 Å². The first-order valence-electron chi connectivity index (χ1n) is 6.89. The molecule has 1 aliphatic rings. The zero-order chi connectivity index (χ0) is 14.9. The lowest BCUT2D eigenvalue weighted by Crippen LogP contribution is -2.32.